The van der Waals surface area contributed by atoms with Gasteiger partial charge >= 0.3 is 5.97 Å². The predicted octanol–water partition coefficient (Wildman–Crippen LogP) is -0.449. The Morgan fingerprint density at radius 3 is 2.44 bits per heavy atom. The maximum absolute atomic E-state index is 11.4. The van der Waals surface area contributed by atoms with Crippen molar-refractivity contribution < 1.29 is 23.4 Å². The van der Waals surface area contributed by atoms with E-state index in [4.69, 9.17) is 10.9 Å². The van der Waals surface area contributed by atoms with Crippen LogP contribution in [0.15, 0.2) is 17.0 Å². The number of carboxylic acid groups (broad SMARTS) is 1. The third kappa shape index (κ3) is 2.13. The number of nitrogens with one attached hydrogen (secondary N) is 1. The van der Waals surface area contributed by atoms with Crippen LogP contribution in [0.1, 0.15) is 15.9 Å². The van der Waals surface area contributed by atoms with Crippen molar-refractivity contribution in [3.63, 3.8) is 0 Å². The van der Waals surface area contributed by atoms with Crippen LogP contribution in [0.2, 0.25) is 0 Å². The molecule has 0 aliphatic rings. The van der Waals surface area contributed by atoms with Gasteiger partial charge in [-0.3, -0.25) is 5.84 Å². The number of hydrogen-bond acceptors (Lipinski definition) is 5. The van der Waals surface area contributed by atoms with Gasteiger partial charge in [-0.25, -0.2) is 13.2 Å². The van der Waals surface area contributed by atoms with E-state index in [1.807, 2.05) is 0 Å². The maximum atomic E-state index is 11.4. The van der Waals surface area contributed by atoms with Crippen LogP contribution in [0, 0.1) is 6.92 Å². The highest BCUT2D eigenvalue weighted by atomic mass is 32.2. The quantitative estimate of drug-likeness (QED) is 0.422. The Hall–Kier alpha value is -1.64. The number of carboxylic acids is 1. The van der Waals surface area contributed by atoms with Gasteiger partial charge in [0.05, 0.1) is 4.90 Å². The first-order valence-corrected chi connectivity index (χ1v) is 5.57. The molecule has 0 unspecified atom stereocenters. The van der Waals surface area contributed by atoms with Gasteiger partial charge in [0.2, 0.25) is 0 Å². The average Bonchev–Trinajstić information content (AvgIpc) is 2.16. The highest BCUT2D eigenvalue weighted by Gasteiger charge is 2.20. The van der Waals surface area contributed by atoms with Gasteiger partial charge in [0.1, 0.15) is 11.3 Å². The SMILES string of the molecule is Cc1cc(O)c(C(=O)O)cc1S(=O)(=O)NN. The van der Waals surface area contributed by atoms with Gasteiger partial charge in [-0.2, -0.15) is 4.83 Å². The molecule has 0 saturated heterocycles. The zero-order valence-corrected chi connectivity index (χ0v) is 9.08. The molecule has 1 aromatic rings. The lowest BCUT2D eigenvalue weighted by atomic mass is 10.1. The minimum absolute atomic E-state index is 0.195. The number of rotatable bonds is 3. The molecule has 0 heterocycles. The van der Waals surface area contributed by atoms with Crippen LogP contribution in [0.25, 0.3) is 0 Å². The summed E-state index contributed by atoms with van der Waals surface area (Å²) in [6, 6.07) is 1.90. The predicted molar refractivity (Wildman–Crippen MR) is 54.3 cm³/mol. The number of aromatic hydroxyl groups is 1. The number of aromatic carboxylic acids is 1. The molecule has 0 aliphatic carbocycles. The van der Waals surface area contributed by atoms with E-state index in [9.17, 15) is 18.3 Å². The summed E-state index contributed by atoms with van der Waals surface area (Å²) in [7, 11) is -3.95. The summed E-state index contributed by atoms with van der Waals surface area (Å²) in [6.45, 7) is 1.41. The molecule has 0 aromatic heterocycles. The standard InChI is InChI=1S/C8H10N2O5S/c1-4-2-6(11)5(8(12)13)3-7(4)16(14,15)10-9/h2-3,10-11H,9H2,1H3,(H,12,13). The first-order chi connectivity index (χ1) is 7.29. The van der Waals surface area contributed by atoms with Crippen LogP contribution in [0.5, 0.6) is 5.75 Å². The molecule has 0 spiro atoms. The summed E-state index contributed by atoms with van der Waals surface area (Å²) in [5.41, 5.74) is -0.306. The van der Waals surface area contributed by atoms with Crippen molar-refractivity contribution in [2.75, 3.05) is 0 Å². The minimum Gasteiger partial charge on any atom is -0.507 e. The third-order valence-corrected chi connectivity index (χ3v) is 3.30. The molecule has 0 bridgehead atoms. The zero-order chi connectivity index (χ0) is 12.5. The molecule has 7 nitrogen and oxygen atoms in total. The molecular formula is C8H10N2O5S. The Labute approximate surface area is 91.5 Å². The Bertz CT molecular complexity index is 538. The Morgan fingerprint density at radius 2 is 2.00 bits per heavy atom. The van der Waals surface area contributed by atoms with E-state index in [2.05, 4.69) is 0 Å². The number of carbonyl (C=O) groups is 1. The van der Waals surface area contributed by atoms with Crippen molar-refractivity contribution >= 4 is 16.0 Å². The van der Waals surface area contributed by atoms with E-state index < -0.39 is 27.3 Å². The molecule has 0 saturated carbocycles. The summed E-state index contributed by atoms with van der Waals surface area (Å²) in [4.78, 5) is 12.0. The van der Waals surface area contributed by atoms with Gasteiger partial charge < -0.3 is 10.2 Å². The van der Waals surface area contributed by atoms with Crippen molar-refractivity contribution in [1.82, 2.24) is 4.83 Å². The highest BCUT2D eigenvalue weighted by molar-refractivity contribution is 7.89. The van der Waals surface area contributed by atoms with Crippen molar-refractivity contribution in [3.05, 3.63) is 23.3 Å². The van der Waals surface area contributed by atoms with Crippen LogP contribution in [-0.4, -0.2) is 24.6 Å². The lowest BCUT2D eigenvalue weighted by Gasteiger charge is -2.08. The average molecular weight is 246 g/mol. The van der Waals surface area contributed by atoms with Gasteiger partial charge in [-0.15, -0.1) is 0 Å². The number of phenols is 1. The molecule has 1 rings (SSSR count). The second-order valence-electron chi connectivity index (χ2n) is 3.06. The van der Waals surface area contributed by atoms with Crippen LogP contribution in [0.3, 0.4) is 0 Å². The fraction of sp³-hybridized carbons (Fsp3) is 0.125. The van der Waals surface area contributed by atoms with E-state index in [0.29, 0.717) is 0 Å². The normalized spacial score (nSPS) is 11.4. The Morgan fingerprint density at radius 1 is 1.44 bits per heavy atom. The zero-order valence-electron chi connectivity index (χ0n) is 8.26. The largest absolute Gasteiger partial charge is 0.507 e. The Balaban J connectivity index is 3.55. The lowest BCUT2D eigenvalue weighted by Crippen LogP contribution is -2.30. The summed E-state index contributed by atoms with van der Waals surface area (Å²) < 4.78 is 22.8. The van der Waals surface area contributed by atoms with E-state index >= 15 is 0 Å². The molecule has 0 radical (unpaired) electrons. The number of aryl methyl sites for hydroxylation is 1. The molecule has 5 N–H and O–H groups in total. The van der Waals surface area contributed by atoms with Crippen molar-refractivity contribution in [1.29, 1.82) is 0 Å². The van der Waals surface area contributed by atoms with Crippen molar-refractivity contribution in [2.45, 2.75) is 11.8 Å². The molecule has 8 heteroatoms. The minimum atomic E-state index is -3.95. The van der Waals surface area contributed by atoms with Crippen LogP contribution < -0.4 is 10.7 Å². The Kier molecular flexibility index (Phi) is 3.17. The molecule has 0 atom stereocenters. The van der Waals surface area contributed by atoms with E-state index in [-0.39, 0.29) is 10.5 Å². The molecule has 0 aliphatic heterocycles. The third-order valence-electron chi connectivity index (χ3n) is 1.97. The molecular weight excluding hydrogens is 236 g/mol. The summed E-state index contributed by atoms with van der Waals surface area (Å²) >= 11 is 0. The van der Waals surface area contributed by atoms with Crippen LogP contribution in [0.4, 0.5) is 0 Å². The van der Waals surface area contributed by atoms with Gasteiger partial charge in [0.25, 0.3) is 10.0 Å². The summed E-state index contributed by atoms with van der Waals surface area (Å²) in [6.07, 6.45) is 0. The number of hydrogen-bond donors (Lipinski definition) is 4. The molecule has 16 heavy (non-hydrogen) atoms. The number of nitrogens with two attached hydrogens (primary N) is 1. The van der Waals surface area contributed by atoms with Crippen LogP contribution in [-0.2, 0) is 10.0 Å². The fourth-order valence-corrected chi connectivity index (χ4v) is 2.08. The van der Waals surface area contributed by atoms with Gasteiger partial charge in [0.15, 0.2) is 0 Å². The van der Waals surface area contributed by atoms with Gasteiger partial charge in [-0.05, 0) is 24.6 Å². The molecule has 0 fully saturated rings. The van der Waals surface area contributed by atoms with Gasteiger partial charge in [0, 0.05) is 0 Å². The maximum Gasteiger partial charge on any atom is 0.339 e. The number of hydrazine groups is 1. The van der Waals surface area contributed by atoms with E-state index in [1.165, 1.54) is 6.92 Å². The second-order valence-corrected chi connectivity index (χ2v) is 4.74. The monoisotopic (exact) mass is 246 g/mol. The van der Waals surface area contributed by atoms with Crippen LogP contribution >= 0.6 is 0 Å². The van der Waals surface area contributed by atoms with Crippen molar-refractivity contribution in [2.24, 2.45) is 5.84 Å². The first-order valence-electron chi connectivity index (χ1n) is 4.09. The summed E-state index contributed by atoms with van der Waals surface area (Å²) in [5.74, 6) is 2.90. The van der Waals surface area contributed by atoms with E-state index in [0.717, 1.165) is 12.1 Å². The smallest absolute Gasteiger partial charge is 0.339 e. The molecule has 1 aromatic carbocycles. The fourth-order valence-electron chi connectivity index (χ4n) is 1.20. The number of benzene rings is 1. The highest BCUT2D eigenvalue weighted by Crippen LogP contribution is 2.25. The van der Waals surface area contributed by atoms with Gasteiger partial charge in [-0.1, -0.05) is 0 Å². The second kappa shape index (κ2) is 4.08. The lowest BCUT2D eigenvalue weighted by molar-refractivity contribution is 0.0693. The van der Waals surface area contributed by atoms with E-state index in [1.54, 1.807) is 4.83 Å². The topological polar surface area (TPSA) is 130 Å². The molecule has 88 valence electrons. The first kappa shape index (κ1) is 12.4. The molecule has 0 amide bonds. The van der Waals surface area contributed by atoms with Crippen molar-refractivity contribution in [3.8, 4) is 5.75 Å². The number of sulfonamides is 1. The summed E-state index contributed by atoms with van der Waals surface area (Å²) in [5, 5.41) is 18.0.